The summed E-state index contributed by atoms with van der Waals surface area (Å²) < 4.78 is 0. The van der Waals surface area contributed by atoms with E-state index in [9.17, 15) is 0 Å². The Bertz CT molecular complexity index is 66.6. The average Bonchev–Trinajstić information content (AvgIpc) is 2.23. The molecule has 1 aliphatic carbocycles. The van der Waals surface area contributed by atoms with Gasteiger partial charge in [-0.1, -0.05) is 0 Å². The van der Waals surface area contributed by atoms with E-state index in [0.29, 0.717) is 0 Å². The number of halogens is 1. The summed E-state index contributed by atoms with van der Waals surface area (Å²) in [6.45, 7) is 0. The van der Waals surface area contributed by atoms with Crippen molar-refractivity contribution in [3.63, 3.8) is 0 Å². The summed E-state index contributed by atoms with van der Waals surface area (Å²) in [5.41, 5.74) is 0. The largest absolute Gasteiger partial charge is 2.00 e. The summed E-state index contributed by atoms with van der Waals surface area (Å²) in [5, 5.41) is 0. The monoisotopic (exact) mass is 163 g/mol. The van der Waals surface area contributed by atoms with Crippen molar-refractivity contribution in [2.75, 3.05) is 6.38 Å². The minimum absolute atomic E-state index is 0. The second-order valence-corrected chi connectivity index (χ2v) is 1.00. The second-order valence-electron chi connectivity index (χ2n) is 1.00. The van der Waals surface area contributed by atoms with E-state index in [0.717, 1.165) is 6.42 Å². The molecule has 0 aliphatic heterocycles. The van der Waals surface area contributed by atoms with Gasteiger partial charge in [0.2, 0.25) is 0 Å². The molecule has 0 aromatic heterocycles. The van der Waals surface area contributed by atoms with Gasteiger partial charge in [0.15, 0.2) is 0 Å². The summed E-state index contributed by atoms with van der Waals surface area (Å²) in [6.07, 6.45) is 11.5. The maximum Gasteiger partial charge on any atom is 2.00 e. The molecule has 0 amide bonds. The molecule has 0 heterocycles. The van der Waals surface area contributed by atoms with Crippen molar-refractivity contribution in [2.24, 2.45) is 0 Å². The van der Waals surface area contributed by atoms with Crippen LogP contribution in [0.1, 0.15) is 6.42 Å². The van der Waals surface area contributed by atoms with Crippen molar-refractivity contribution in [2.45, 2.75) is 6.42 Å². The van der Waals surface area contributed by atoms with E-state index in [1.165, 1.54) is 6.38 Å². The molecule has 0 saturated carbocycles. The van der Waals surface area contributed by atoms with Crippen molar-refractivity contribution < 1.29 is 21.7 Å². The molecule has 0 saturated heterocycles. The maximum atomic E-state index is 4.64. The number of hydrogen-bond donors (Lipinski definition) is 0. The molecule has 0 aromatic carbocycles. The van der Waals surface area contributed by atoms with Gasteiger partial charge in [-0.2, -0.15) is 6.08 Å². The molecule has 0 fully saturated rings. The van der Waals surface area contributed by atoms with E-state index >= 15 is 0 Å². The van der Waals surface area contributed by atoms with Gasteiger partial charge in [0.25, 0.3) is 0 Å². The fourth-order valence-electron chi connectivity index (χ4n) is 0.340. The Hall–Kier alpha value is 0.484. The number of alkyl halides is 1. The van der Waals surface area contributed by atoms with Gasteiger partial charge in [-0.05, 0) is 0 Å². The molecule has 42 valence electrons. The molecule has 0 nitrogen and oxygen atoms in total. The summed E-state index contributed by atoms with van der Waals surface area (Å²) in [5.74, 6) is 0. The third-order valence-corrected chi connectivity index (χ3v) is 0.586. The first-order valence-corrected chi connectivity index (χ1v) is 2.85. The Morgan fingerprint density at radius 1 is 1.50 bits per heavy atom. The smallest absolute Gasteiger partial charge is 0.273 e. The zero-order chi connectivity index (χ0) is 5.54. The molecule has 0 radical (unpaired) electrons. The summed E-state index contributed by atoms with van der Waals surface area (Å²) in [7, 11) is 0. The average molecular weight is 163 g/mol. The second kappa shape index (κ2) is 10.5. The Morgan fingerprint density at radius 3 is 2.25 bits per heavy atom. The van der Waals surface area contributed by atoms with Gasteiger partial charge >= 0.3 is 21.7 Å². The molecule has 0 unspecified atom stereocenters. The van der Waals surface area contributed by atoms with Crippen LogP contribution in [0.2, 0.25) is 0 Å². The third kappa shape index (κ3) is 6.48. The van der Waals surface area contributed by atoms with Crippen LogP contribution in [0.3, 0.4) is 0 Å². The van der Waals surface area contributed by atoms with Crippen LogP contribution in [0.15, 0.2) is 18.2 Å². The maximum absolute atomic E-state index is 4.64. The molecule has 2 heteroatoms. The van der Waals surface area contributed by atoms with Crippen molar-refractivity contribution in [3.8, 4) is 0 Å². The van der Waals surface area contributed by atoms with Crippen LogP contribution in [-0.4, -0.2) is 6.38 Å². The normalized spacial score (nSPS) is 11.8. The van der Waals surface area contributed by atoms with Gasteiger partial charge in [0.05, 0.1) is 0 Å². The van der Waals surface area contributed by atoms with Gasteiger partial charge in [-0.25, -0.2) is 12.2 Å². The fourth-order valence-corrected chi connectivity index (χ4v) is 0.340. The van der Waals surface area contributed by atoms with Gasteiger partial charge in [0.1, 0.15) is 0 Å². The van der Waals surface area contributed by atoms with Crippen molar-refractivity contribution >= 4 is 11.6 Å². The van der Waals surface area contributed by atoms with Crippen LogP contribution < -0.4 is 0 Å². The van der Waals surface area contributed by atoms with E-state index < -0.39 is 0 Å². The minimum atomic E-state index is 0. The molecule has 0 spiro atoms. The molecular formula is C6H8ClTi+. The molecular weight excluding hydrogens is 155 g/mol. The van der Waals surface area contributed by atoms with Gasteiger partial charge < -0.3 is 0 Å². The molecule has 8 heavy (non-hydrogen) atoms. The predicted octanol–water partition coefficient (Wildman–Crippen LogP) is 2.16. The third-order valence-electron chi connectivity index (χ3n) is 0.586. The van der Waals surface area contributed by atoms with Crippen molar-refractivity contribution in [3.05, 3.63) is 24.3 Å². The molecule has 1 rings (SSSR count). The van der Waals surface area contributed by atoms with E-state index in [4.69, 9.17) is 0 Å². The molecule has 1 aliphatic rings. The molecule has 0 atom stereocenters. The topological polar surface area (TPSA) is 0 Å². The Morgan fingerprint density at radius 2 is 2.12 bits per heavy atom. The fraction of sp³-hybridized carbons (Fsp3) is 0.333. The van der Waals surface area contributed by atoms with E-state index in [-0.39, 0.29) is 21.7 Å². The Kier molecular flexibility index (Phi) is 14.8. The number of hydrogen-bond acceptors (Lipinski definition) is 0. The van der Waals surface area contributed by atoms with Gasteiger partial charge in [0, 0.05) is 6.38 Å². The van der Waals surface area contributed by atoms with Crippen LogP contribution in [0.25, 0.3) is 0 Å². The van der Waals surface area contributed by atoms with Crippen LogP contribution in [-0.2, 0) is 21.7 Å². The predicted molar refractivity (Wildman–Crippen MR) is 33.3 cm³/mol. The molecule has 0 bridgehead atoms. The Balaban J connectivity index is 0. The Labute approximate surface area is 70.5 Å². The zero-order valence-corrected chi connectivity index (χ0v) is 7.13. The van der Waals surface area contributed by atoms with Gasteiger partial charge in [-0.3, -0.25) is 6.08 Å². The molecule has 0 N–H and O–H groups in total. The van der Waals surface area contributed by atoms with Crippen molar-refractivity contribution in [1.82, 2.24) is 0 Å². The van der Waals surface area contributed by atoms with Crippen LogP contribution in [0.4, 0.5) is 0 Å². The number of rotatable bonds is 0. The first-order chi connectivity index (χ1) is 3.50. The minimum Gasteiger partial charge on any atom is -0.273 e. The number of allylic oxidation sites excluding steroid dienone is 4. The van der Waals surface area contributed by atoms with Crippen LogP contribution in [0, 0.1) is 6.08 Å². The van der Waals surface area contributed by atoms with Gasteiger partial charge in [-0.15, -0.1) is 18.0 Å². The summed E-state index contributed by atoms with van der Waals surface area (Å²) in [4.78, 5) is 0. The van der Waals surface area contributed by atoms with E-state index in [1.54, 1.807) is 0 Å². The first-order valence-electron chi connectivity index (χ1n) is 2.10. The molecule has 0 aromatic rings. The first kappa shape index (κ1) is 11.3. The van der Waals surface area contributed by atoms with Crippen molar-refractivity contribution in [1.29, 1.82) is 0 Å². The zero-order valence-electron chi connectivity index (χ0n) is 4.82. The van der Waals surface area contributed by atoms with E-state index in [1.807, 2.05) is 12.2 Å². The summed E-state index contributed by atoms with van der Waals surface area (Å²) >= 11 is 4.64. The standard InChI is InChI=1S/C5H5.CH3Cl.Ti/c1-2-4-5-3-1;1-2;/h1-3H,4H2;1H3;/q-1;;+2. The quantitative estimate of drug-likeness (QED) is 0.292. The van der Waals surface area contributed by atoms with Crippen LogP contribution in [0.5, 0.6) is 0 Å². The SMILES string of the molecule is CCl.[C-]1=CC=CC1.[Ti+2]. The van der Waals surface area contributed by atoms with E-state index in [2.05, 4.69) is 23.8 Å². The van der Waals surface area contributed by atoms with Crippen LogP contribution >= 0.6 is 11.6 Å². The summed E-state index contributed by atoms with van der Waals surface area (Å²) in [6, 6.07) is 0.